The first-order valence-electron chi connectivity index (χ1n) is 7.48. The zero-order valence-electron chi connectivity index (χ0n) is 13.6. The third-order valence-electron chi connectivity index (χ3n) is 3.48. The molecule has 24 heavy (non-hydrogen) atoms. The van der Waals surface area contributed by atoms with E-state index in [9.17, 15) is 14.0 Å². The van der Waals surface area contributed by atoms with E-state index in [1.165, 1.54) is 30.0 Å². The molecule has 5 nitrogen and oxygen atoms in total. The fourth-order valence-electron chi connectivity index (χ4n) is 2.27. The number of nitrogens with one attached hydrogen (secondary N) is 1. The summed E-state index contributed by atoms with van der Waals surface area (Å²) in [5.41, 5.74) is 0.648. The molecule has 0 aliphatic heterocycles. The fraction of sp³-hybridized carbons (Fsp3) is 0.222. The Morgan fingerprint density at radius 3 is 2.58 bits per heavy atom. The molecule has 0 bridgehead atoms. The van der Waals surface area contributed by atoms with E-state index in [1.54, 1.807) is 37.4 Å². The highest BCUT2D eigenvalue weighted by Gasteiger charge is 2.14. The van der Waals surface area contributed by atoms with Gasteiger partial charge in [-0.1, -0.05) is 18.2 Å². The van der Waals surface area contributed by atoms with Crippen LogP contribution < -0.4 is 15.0 Å². The Kier molecular flexibility index (Phi) is 5.89. The summed E-state index contributed by atoms with van der Waals surface area (Å²) in [5, 5.41) is 2.62. The molecule has 0 heterocycles. The van der Waals surface area contributed by atoms with E-state index in [4.69, 9.17) is 4.74 Å². The van der Waals surface area contributed by atoms with Gasteiger partial charge in [-0.05, 0) is 24.3 Å². The monoisotopic (exact) mass is 330 g/mol. The van der Waals surface area contributed by atoms with Gasteiger partial charge in [0.25, 0.3) is 5.91 Å². The van der Waals surface area contributed by atoms with E-state index in [-0.39, 0.29) is 24.6 Å². The number of halogens is 1. The van der Waals surface area contributed by atoms with Crippen molar-refractivity contribution < 1.29 is 18.7 Å². The van der Waals surface area contributed by atoms with E-state index < -0.39 is 11.7 Å². The van der Waals surface area contributed by atoms with Gasteiger partial charge in [0.15, 0.2) is 0 Å². The molecule has 0 saturated heterocycles. The summed E-state index contributed by atoms with van der Waals surface area (Å²) in [5.74, 6) is -0.619. The Morgan fingerprint density at radius 2 is 1.92 bits per heavy atom. The number of benzene rings is 2. The fourth-order valence-corrected chi connectivity index (χ4v) is 2.27. The van der Waals surface area contributed by atoms with Crippen LogP contribution in [-0.2, 0) is 4.79 Å². The first kappa shape index (κ1) is 17.5. The molecule has 0 spiro atoms. The highest BCUT2D eigenvalue weighted by Crippen LogP contribution is 2.20. The first-order chi connectivity index (χ1) is 11.5. The van der Waals surface area contributed by atoms with Crippen molar-refractivity contribution in [1.82, 2.24) is 5.32 Å². The summed E-state index contributed by atoms with van der Waals surface area (Å²) < 4.78 is 18.7. The highest BCUT2D eigenvalue weighted by molar-refractivity contribution is 5.95. The molecule has 1 N–H and O–H groups in total. The van der Waals surface area contributed by atoms with Gasteiger partial charge >= 0.3 is 0 Å². The van der Waals surface area contributed by atoms with Gasteiger partial charge in [0, 0.05) is 31.8 Å². The van der Waals surface area contributed by atoms with Crippen molar-refractivity contribution >= 4 is 17.5 Å². The maximum absolute atomic E-state index is 13.6. The van der Waals surface area contributed by atoms with Crippen molar-refractivity contribution in [3.63, 3.8) is 0 Å². The number of hydrogen-bond acceptors (Lipinski definition) is 3. The largest absolute Gasteiger partial charge is 0.497 e. The van der Waals surface area contributed by atoms with E-state index in [2.05, 4.69) is 5.32 Å². The molecule has 0 radical (unpaired) electrons. The molecular formula is C18H19FN2O3. The lowest BCUT2D eigenvalue weighted by Crippen LogP contribution is -2.37. The molecule has 0 aromatic heterocycles. The molecule has 2 aromatic carbocycles. The summed E-state index contributed by atoms with van der Waals surface area (Å²) in [6.45, 7) is 1.91. The quantitative estimate of drug-likeness (QED) is 0.886. The number of ether oxygens (including phenoxy) is 1. The topological polar surface area (TPSA) is 58.6 Å². The summed E-state index contributed by atoms with van der Waals surface area (Å²) in [6.07, 6.45) is 0. The molecule has 0 saturated carbocycles. The molecule has 0 atom stereocenters. The lowest BCUT2D eigenvalue weighted by Gasteiger charge is -2.22. The zero-order valence-corrected chi connectivity index (χ0v) is 13.6. The minimum absolute atomic E-state index is 0.0201. The standard InChI is InChI=1S/C18H19FN2O3/c1-13(22)21(14-6-5-7-15(12-14)24-2)11-10-20-18(23)16-8-3-4-9-17(16)19/h3-9,12H,10-11H2,1-2H3,(H,20,23). The number of carbonyl (C=O) groups is 2. The summed E-state index contributed by atoms with van der Waals surface area (Å²) in [6, 6.07) is 12.8. The van der Waals surface area contributed by atoms with Crippen LogP contribution >= 0.6 is 0 Å². The lowest BCUT2D eigenvalue weighted by molar-refractivity contribution is -0.116. The molecule has 0 aliphatic carbocycles. The van der Waals surface area contributed by atoms with Crippen molar-refractivity contribution in [1.29, 1.82) is 0 Å². The Balaban J connectivity index is 2.01. The summed E-state index contributed by atoms with van der Waals surface area (Å²) >= 11 is 0. The third-order valence-corrected chi connectivity index (χ3v) is 3.48. The van der Waals surface area contributed by atoms with Crippen LogP contribution in [-0.4, -0.2) is 32.0 Å². The van der Waals surface area contributed by atoms with Crippen molar-refractivity contribution in [3.8, 4) is 5.75 Å². The van der Waals surface area contributed by atoms with Gasteiger partial charge in [-0.2, -0.15) is 0 Å². The molecule has 2 aromatic rings. The van der Waals surface area contributed by atoms with Crippen LogP contribution in [0.5, 0.6) is 5.75 Å². The number of amides is 2. The molecule has 0 fully saturated rings. The van der Waals surface area contributed by atoms with E-state index in [1.807, 2.05) is 0 Å². The molecular weight excluding hydrogens is 311 g/mol. The summed E-state index contributed by atoms with van der Waals surface area (Å²) in [7, 11) is 1.55. The van der Waals surface area contributed by atoms with Gasteiger partial charge in [-0.3, -0.25) is 9.59 Å². The number of methoxy groups -OCH3 is 1. The maximum atomic E-state index is 13.6. The SMILES string of the molecule is COc1cccc(N(CCNC(=O)c2ccccc2F)C(C)=O)c1. The third kappa shape index (κ3) is 4.32. The second-order valence-electron chi connectivity index (χ2n) is 5.11. The number of nitrogens with zero attached hydrogens (tertiary/aromatic N) is 1. The van der Waals surface area contributed by atoms with Crippen molar-refractivity contribution in [2.24, 2.45) is 0 Å². The number of carbonyl (C=O) groups excluding carboxylic acids is 2. The number of rotatable bonds is 6. The van der Waals surface area contributed by atoms with Crippen LogP contribution in [0.2, 0.25) is 0 Å². The van der Waals surface area contributed by atoms with Crippen molar-refractivity contribution in [3.05, 3.63) is 59.9 Å². The number of anilines is 1. The number of hydrogen-bond donors (Lipinski definition) is 1. The Labute approximate surface area is 140 Å². The molecule has 126 valence electrons. The normalized spacial score (nSPS) is 10.1. The average Bonchev–Trinajstić information content (AvgIpc) is 2.58. The van der Waals surface area contributed by atoms with E-state index >= 15 is 0 Å². The van der Waals surface area contributed by atoms with Gasteiger partial charge in [0.1, 0.15) is 11.6 Å². The molecule has 0 aliphatic rings. The predicted octanol–water partition coefficient (Wildman–Crippen LogP) is 2.62. The second-order valence-corrected chi connectivity index (χ2v) is 5.11. The van der Waals surface area contributed by atoms with Crippen LogP contribution in [0.3, 0.4) is 0 Å². The highest BCUT2D eigenvalue weighted by atomic mass is 19.1. The average molecular weight is 330 g/mol. The van der Waals surface area contributed by atoms with Crippen molar-refractivity contribution in [2.45, 2.75) is 6.92 Å². The Bertz CT molecular complexity index is 734. The minimum Gasteiger partial charge on any atom is -0.497 e. The van der Waals surface area contributed by atoms with Crippen LogP contribution in [0.4, 0.5) is 10.1 Å². The van der Waals surface area contributed by atoms with Gasteiger partial charge in [-0.15, -0.1) is 0 Å². The van der Waals surface area contributed by atoms with Crippen LogP contribution in [0.1, 0.15) is 17.3 Å². The van der Waals surface area contributed by atoms with Crippen molar-refractivity contribution in [2.75, 3.05) is 25.1 Å². The molecule has 2 rings (SSSR count). The molecule has 0 unspecified atom stereocenters. The first-order valence-corrected chi connectivity index (χ1v) is 7.48. The Morgan fingerprint density at radius 1 is 1.17 bits per heavy atom. The molecule has 6 heteroatoms. The Hall–Kier alpha value is -2.89. The zero-order chi connectivity index (χ0) is 17.5. The predicted molar refractivity (Wildman–Crippen MR) is 89.8 cm³/mol. The van der Waals surface area contributed by atoms with Gasteiger partial charge in [-0.25, -0.2) is 4.39 Å². The lowest BCUT2D eigenvalue weighted by atomic mass is 10.2. The van der Waals surface area contributed by atoms with E-state index in [0.717, 1.165) is 0 Å². The van der Waals surface area contributed by atoms with E-state index in [0.29, 0.717) is 11.4 Å². The van der Waals surface area contributed by atoms with Crippen LogP contribution in [0, 0.1) is 5.82 Å². The van der Waals surface area contributed by atoms with Gasteiger partial charge < -0.3 is 15.0 Å². The smallest absolute Gasteiger partial charge is 0.254 e. The maximum Gasteiger partial charge on any atom is 0.254 e. The second kappa shape index (κ2) is 8.10. The molecule has 2 amide bonds. The van der Waals surface area contributed by atoms with Crippen LogP contribution in [0.15, 0.2) is 48.5 Å². The van der Waals surface area contributed by atoms with Gasteiger partial charge in [0.05, 0.1) is 12.7 Å². The van der Waals surface area contributed by atoms with Crippen LogP contribution in [0.25, 0.3) is 0 Å². The van der Waals surface area contributed by atoms with Gasteiger partial charge in [0.2, 0.25) is 5.91 Å². The summed E-state index contributed by atoms with van der Waals surface area (Å²) in [4.78, 5) is 25.4. The minimum atomic E-state index is -0.578.